The molecule has 6 nitrogen and oxygen atoms in total. The normalized spacial score (nSPS) is 14.5. The van der Waals surface area contributed by atoms with E-state index in [1.54, 1.807) is 10.6 Å². The summed E-state index contributed by atoms with van der Waals surface area (Å²) >= 11 is 6.11. The molecule has 1 heterocycles. The highest BCUT2D eigenvalue weighted by Crippen LogP contribution is 2.39. The van der Waals surface area contributed by atoms with Crippen LogP contribution in [0.4, 0.5) is 0 Å². The summed E-state index contributed by atoms with van der Waals surface area (Å²) in [4.78, 5) is 27.1. The molecule has 20 heavy (non-hydrogen) atoms. The van der Waals surface area contributed by atoms with Gasteiger partial charge in [0.25, 0.3) is 5.91 Å². The first-order valence-corrected chi connectivity index (χ1v) is 6.57. The van der Waals surface area contributed by atoms with Gasteiger partial charge in [-0.2, -0.15) is 0 Å². The maximum atomic E-state index is 11.7. The summed E-state index contributed by atoms with van der Waals surface area (Å²) in [5.74, 6) is -1.41. The van der Waals surface area contributed by atoms with Crippen molar-refractivity contribution < 1.29 is 14.7 Å². The van der Waals surface area contributed by atoms with E-state index in [4.69, 9.17) is 11.6 Å². The number of carbonyl (C=O) groups is 2. The average molecular weight is 294 g/mol. The van der Waals surface area contributed by atoms with E-state index in [0.29, 0.717) is 16.6 Å². The summed E-state index contributed by atoms with van der Waals surface area (Å²) < 4.78 is 1.69. The molecule has 0 atom stereocenters. The first kappa shape index (κ1) is 12.9. The van der Waals surface area contributed by atoms with Gasteiger partial charge < -0.3 is 15.0 Å². The summed E-state index contributed by atoms with van der Waals surface area (Å²) in [7, 11) is 1.51. The zero-order valence-electron chi connectivity index (χ0n) is 10.7. The zero-order valence-corrected chi connectivity index (χ0v) is 11.4. The fourth-order valence-corrected chi connectivity index (χ4v) is 2.52. The van der Waals surface area contributed by atoms with Crippen LogP contribution >= 0.6 is 11.6 Å². The van der Waals surface area contributed by atoms with E-state index in [-0.39, 0.29) is 22.8 Å². The molecule has 2 N–H and O–H groups in total. The third-order valence-electron chi connectivity index (χ3n) is 3.35. The van der Waals surface area contributed by atoms with Gasteiger partial charge in [0.1, 0.15) is 0 Å². The molecule has 3 rings (SSSR count). The number of hydrogen-bond donors (Lipinski definition) is 2. The molecule has 0 unspecified atom stereocenters. The molecule has 0 spiro atoms. The van der Waals surface area contributed by atoms with Crippen LogP contribution in [0.5, 0.6) is 0 Å². The Morgan fingerprint density at radius 2 is 2.15 bits per heavy atom. The number of carboxylic acid groups (broad SMARTS) is 1. The second-order valence-electron chi connectivity index (χ2n) is 4.74. The first-order valence-electron chi connectivity index (χ1n) is 6.19. The number of imidazole rings is 1. The maximum Gasteiger partial charge on any atom is 0.372 e. The summed E-state index contributed by atoms with van der Waals surface area (Å²) in [6.45, 7) is 0. The van der Waals surface area contributed by atoms with Gasteiger partial charge in [0, 0.05) is 13.1 Å². The third kappa shape index (κ3) is 1.92. The number of amides is 1. The molecule has 2 aromatic rings. The van der Waals surface area contributed by atoms with E-state index in [9.17, 15) is 14.7 Å². The fourth-order valence-electron chi connectivity index (χ4n) is 2.28. The Balaban J connectivity index is 2.26. The minimum Gasteiger partial charge on any atom is -0.475 e. The van der Waals surface area contributed by atoms with Crippen molar-refractivity contribution in [3.8, 4) is 0 Å². The summed E-state index contributed by atoms with van der Waals surface area (Å²) in [6.07, 6.45) is 1.86. The van der Waals surface area contributed by atoms with E-state index < -0.39 is 5.97 Å². The zero-order chi connectivity index (χ0) is 14.4. The Morgan fingerprint density at radius 1 is 1.45 bits per heavy atom. The Bertz CT molecular complexity index is 734. The van der Waals surface area contributed by atoms with Crippen LogP contribution in [0.15, 0.2) is 12.1 Å². The molecule has 7 heteroatoms. The summed E-state index contributed by atoms with van der Waals surface area (Å²) in [6, 6.07) is 3.30. The van der Waals surface area contributed by atoms with Crippen LogP contribution in [-0.2, 0) is 0 Å². The number of carbonyl (C=O) groups excluding carboxylic acids is 1. The van der Waals surface area contributed by atoms with E-state index in [2.05, 4.69) is 10.3 Å². The van der Waals surface area contributed by atoms with Crippen LogP contribution in [0.3, 0.4) is 0 Å². The summed E-state index contributed by atoms with van der Waals surface area (Å²) in [5, 5.41) is 12.0. The van der Waals surface area contributed by atoms with Crippen molar-refractivity contribution in [3.05, 3.63) is 28.5 Å². The van der Waals surface area contributed by atoms with Crippen molar-refractivity contribution in [2.75, 3.05) is 7.05 Å². The molecule has 1 amide bonds. The SMILES string of the molecule is CNC(=O)c1cc2nc(C(=O)O)n(C3CC3)c2cc1Cl. The van der Waals surface area contributed by atoms with Gasteiger partial charge in [0.2, 0.25) is 5.82 Å². The Kier molecular flexibility index (Phi) is 2.90. The van der Waals surface area contributed by atoms with Crippen molar-refractivity contribution in [1.82, 2.24) is 14.9 Å². The predicted molar refractivity (Wildman–Crippen MR) is 73.4 cm³/mol. The highest BCUT2D eigenvalue weighted by Gasteiger charge is 2.31. The minimum atomic E-state index is -1.08. The number of benzene rings is 1. The van der Waals surface area contributed by atoms with Gasteiger partial charge in [0.15, 0.2) is 0 Å². The van der Waals surface area contributed by atoms with E-state index in [1.807, 2.05) is 0 Å². The van der Waals surface area contributed by atoms with Gasteiger partial charge in [0.05, 0.1) is 21.6 Å². The van der Waals surface area contributed by atoms with Crippen molar-refractivity contribution in [3.63, 3.8) is 0 Å². The minimum absolute atomic E-state index is 0.00683. The molecule has 1 saturated carbocycles. The molecule has 1 aliphatic rings. The number of hydrogen-bond acceptors (Lipinski definition) is 3. The quantitative estimate of drug-likeness (QED) is 0.907. The van der Waals surface area contributed by atoms with Crippen LogP contribution in [0.2, 0.25) is 5.02 Å². The van der Waals surface area contributed by atoms with E-state index >= 15 is 0 Å². The van der Waals surface area contributed by atoms with Crippen LogP contribution < -0.4 is 5.32 Å². The number of rotatable bonds is 3. The monoisotopic (exact) mass is 293 g/mol. The fraction of sp³-hybridized carbons (Fsp3) is 0.308. The van der Waals surface area contributed by atoms with Gasteiger partial charge in [-0.1, -0.05) is 11.6 Å². The molecule has 1 aromatic carbocycles. The molecule has 0 aliphatic heterocycles. The molecule has 0 saturated heterocycles. The molecular weight excluding hydrogens is 282 g/mol. The first-order chi connectivity index (χ1) is 9.52. The number of carboxylic acids is 1. The largest absolute Gasteiger partial charge is 0.475 e. The van der Waals surface area contributed by atoms with Crippen LogP contribution in [0, 0.1) is 0 Å². The van der Waals surface area contributed by atoms with Gasteiger partial charge in [-0.25, -0.2) is 9.78 Å². The smallest absolute Gasteiger partial charge is 0.372 e. The number of nitrogens with zero attached hydrogens (tertiary/aromatic N) is 2. The molecule has 1 aromatic heterocycles. The van der Waals surface area contributed by atoms with Crippen molar-refractivity contribution >= 4 is 34.5 Å². The highest BCUT2D eigenvalue weighted by atomic mass is 35.5. The Hall–Kier alpha value is -2.08. The number of aromatic nitrogens is 2. The number of halogens is 1. The molecule has 1 aliphatic carbocycles. The topological polar surface area (TPSA) is 84.2 Å². The van der Waals surface area contributed by atoms with Gasteiger partial charge in [-0.3, -0.25) is 4.79 Å². The van der Waals surface area contributed by atoms with E-state index in [1.165, 1.54) is 13.1 Å². The lowest BCUT2D eigenvalue weighted by Crippen LogP contribution is -2.18. The number of aromatic carboxylic acids is 1. The van der Waals surface area contributed by atoms with Crippen molar-refractivity contribution in [2.24, 2.45) is 0 Å². The van der Waals surface area contributed by atoms with Crippen LogP contribution in [0.1, 0.15) is 39.9 Å². The molecule has 104 valence electrons. The van der Waals surface area contributed by atoms with Gasteiger partial charge in [-0.15, -0.1) is 0 Å². The average Bonchev–Trinajstić information content (AvgIpc) is 3.18. The number of fused-ring (bicyclic) bond motifs is 1. The molecule has 1 fully saturated rings. The van der Waals surface area contributed by atoms with Crippen molar-refractivity contribution in [2.45, 2.75) is 18.9 Å². The lowest BCUT2D eigenvalue weighted by molar-refractivity contribution is 0.0678. The summed E-state index contributed by atoms with van der Waals surface area (Å²) in [5.41, 5.74) is 1.42. The lowest BCUT2D eigenvalue weighted by Gasteiger charge is -2.06. The van der Waals surface area contributed by atoms with E-state index in [0.717, 1.165) is 12.8 Å². The third-order valence-corrected chi connectivity index (χ3v) is 3.67. The standard InChI is InChI=1S/C13H12ClN3O3/c1-15-12(18)7-4-9-10(5-8(7)14)17(6-2-3-6)11(16-9)13(19)20/h4-6H,2-3H2,1H3,(H,15,18)(H,19,20). The van der Waals surface area contributed by atoms with Crippen LogP contribution in [0.25, 0.3) is 11.0 Å². The van der Waals surface area contributed by atoms with Crippen LogP contribution in [-0.4, -0.2) is 33.6 Å². The second kappa shape index (κ2) is 4.49. The molecule has 0 radical (unpaired) electrons. The van der Waals surface area contributed by atoms with Crippen molar-refractivity contribution in [1.29, 1.82) is 0 Å². The predicted octanol–water partition coefficient (Wildman–Crippen LogP) is 2.08. The van der Waals surface area contributed by atoms with Gasteiger partial charge >= 0.3 is 5.97 Å². The Morgan fingerprint density at radius 3 is 2.70 bits per heavy atom. The second-order valence-corrected chi connectivity index (χ2v) is 5.15. The highest BCUT2D eigenvalue weighted by molar-refractivity contribution is 6.34. The number of nitrogens with one attached hydrogen (secondary N) is 1. The van der Waals surface area contributed by atoms with Gasteiger partial charge in [-0.05, 0) is 25.0 Å². The molecule has 0 bridgehead atoms. The maximum absolute atomic E-state index is 11.7. The Labute approximate surface area is 119 Å². The lowest BCUT2D eigenvalue weighted by atomic mass is 10.2. The molecular formula is C13H12ClN3O3.